The highest BCUT2D eigenvalue weighted by Crippen LogP contribution is 2.46. The zero-order valence-corrected chi connectivity index (χ0v) is 15.6. The molecule has 24 heavy (non-hydrogen) atoms. The Morgan fingerprint density at radius 2 is 1.88 bits per heavy atom. The number of furan rings is 1. The first-order valence-corrected chi connectivity index (χ1v) is 8.92. The number of hydrogen-bond donors (Lipinski definition) is 0. The quantitative estimate of drug-likeness (QED) is 0.753. The molecule has 0 radical (unpaired) electrons. The number of nitrogens with zero attached hydrogens (tertiary/aromatic N) is 2. The van der Waals surface area contributed by atoms with Crippen LogP contribution in [0.25, 0.3) is 23.1 Å². The van der Waals surface area contributed by atoms with Crippen LogP contribution in [0, 0.1) is 5.41 Å². The minimum absolute atomic E-state index is 0.162. The lowest BCUT2D eigenvalue weighted by atomic mass is 9.67. The van der Waals surface area contributed by atoms with Crippen LogP contribution in [-0.2, 0) is 0 Å². The van der Waals surface area contributed by atoms with Gasteiger partial charge in [0.2, 0.25) is 0 Å². The summed E-state index contributed by atoms with van der Waals surface area (Å²) in [6, 6.07) is 8.81. The highest BCUT2D eigenvalue weighted by atomic mass is 16.3. The summed E-state index contributed by atoms with van der Waals surface area (Å²) in [5, 5.41) is 2.40. The van der Waals surface area contributed by atoms with Crippen molar-refractivity contribution < 1.29 is 4.42 Å². The number of fused-ring (bicyclic) bond motifs is 3. The van der Waals surface area contributed by atoms with E-state index in [1.807, 2.05) is 6.07 Å². The molecule has 2 aliphatic heterocycles. The van der Waals surface area contributed by atoms with Gasteiger partial charge in [0, 0.05) is 22.2 Å². The van der Waals surface area contributed by atoms with E-state index in [1.165, 1.54) is 17.0 Å². The maximum absolute atomic E-state index is 6.14. The Balaban J connectivity index is 1.86. The van der Waals surface area contributed by atoms with Crippen molar-refractivity contribution in [3.8, 4) is 0 Å². The molecule has 2 aromatic rings. The van der Waals surface area contributed by atoms with Gasteiger partial charge in [-0.3, -0.25) is 0 Å². The van der Waals surface area contributed by atoms with Crippen molar-refractivity contribution in [1.82, 2.24) is 9.62 Å². The van der Waals surface area contributed by atoms with Gasteiger partial charge in [0.05, 0.1) is 0 Å². The Morgan fingerprint density at radius 3 is 2.54 bits per heavy atom. The average Bonchev–Trinajstić information content (AvgIpc) is 2.91. The fourth-order valence-corrected chi connectivity index (χ4v) is 4.99. The molecule has 0 aliphatic carbocycles. The summed E-state index contributed by atoms with van der Waals surface area (Å²) in [5.74, 6) is 2.30. The van der Waals surface area contributed by atoms with Crippen LogP contribution in [0.4, 0.5) is 0 Å². The van der Waals surface area contributed by atoms with E-state index in [-0.39, 0.29) is 12.5 Å². The van der Waals surface area contributed by atoms with Crippen LogP contribution < -0.4 is 10.6 Å². The first-order valence-electron chi connectivity index (χ1n) is 8.92. The fourth-order valence-electron chi connectivity index (χ4n) is 4.99. The summed E-state index contributed by atoms with van der Waals surface area (Å²) in [6.07, 6.45) is 3.45. The lowest BCUT2D eigenvalue weighted by molar-refractivity contribution is 0.226. The minimum atomic E-state index is 0.162. The van der Waals surface area contributed by atoms with E-state index in [4.69, 9.17) is 4.42 Å². The summed E-state index contributed by atoms with van der Waals surface area (Å²) < 4.78 is 6.14. The van der Waals surface area contributed by atoms with Crippen LogP contribution in [0.5, 0.6) is 0 Å². The SMILES string of the molecule is CC1N(B2C=c3oc4ccccc4c3=CN2C)C(C)(C)CC1(C)C. The van der Waals surface area contributed by atoms with Gasteiger partial charge in [-0.2, -0.15) is 0 Å². The number of benzene rings is 1. The zero-order valence-electron chi connectivity index (χ0n) is 15.6. The standard InChI is InChI=1S/C20H27BN2O/c1-14-19(2,3)13-20(4,5)23(14)21-11-18-16(12-22(21)6)15-9-7-8-10-17(15)24-18/h7-12,14H,13H2,1-6H3. The van der Waals surface area contributed by atoms with Gasteiger partial charge in [0.1, 0.15) is 11.0 Å². The van der Waals surface area contributed by atoms with Crippen LogP contribution in [0.3, 0.4) is 0 Å². The third-order valence-electron chi connectivity index (χ3n) is 6.13. The van der Waals surface area contributed by atoms with Crippen molar-refractivity contribution in [3.63, 3.8) is 0 Å². The minimum Gasteiger partial charge on any atom is -0.457 e. The molecule has 2 aliphatic rings. The molecule has 4 rings (SSSR count). The van der Waals surface area contributed by atoms with Crippen LogP contribution >= 0.6 is 0 Å². The van der Waals surface area contributed by atoms with Gasteiger partial charge in [-0.15, -0.1) is 0 Å². The maximum atomic E-state index is 6.14. The fraction of sp³-hybridized carbons (Fsp3) is 0.500. The highest BCUT2D eigenvalue weighted by Gasteiger charge is 2.52. The first-order chi connectivity index (χ1) is 11.2. The Kier molecular flexibility index (Phi) is 3.24. The monoisotopic (exact) mass is 322 g/mol. The lowest BCUT2D eigenvalue weighted by Gasteiger charge is -2.42. The van der Waals surface area contributed by atoms with Gasteiger partial charge < -0.3 is 14.0 Å². The number of rotatable bonds is 1. The molecule has 1 fully saturated rings. The average molecular weight is 322 g/mol. The third kappa shape index (κ3) is 2.16. The van der Waals surface area contributed by atoms with Crippen LogP contribution in [-0.4, -0.2) is 35.2 Å². The summed E-state index contributed by atoms with van der Waals surface area (Å²) in [5.41, 5.74) is 2.45. The van der Waals surface area contributed by atoms with Crippen molar-refractivity contribution in [1.29, 1.82) is 0 Å². The number of hydrogen-bond acceptors (Lipinski definition) is 3. The van der Waals surface area contributed by atoms with E-state index < -0.39 is 0 Å². The smallest absolute Gasteiger partial charge is 0.374 e. The second kappa shape index (κ2) is 4.92. The molecule has 0 N–H and O–H groups in total. The maximum Gasteiger partial charge on any atom is 0.374 e. The molecule has 4 heteroatoms. The molecule has 0 bridgehead atoms. The van der Waals surface area contributed by atoms with Gasteiger partial charge >= 0.3 is 6.98 Å². The Bertz CT molecular complexity index is 911. The highest BCUT2D eigenvalue weighted by molar-refractivity contribution is 6.69. The molecule has 1 saturated heterocycles. The molecule has 0 spiro atoms. The van der Waals surface area contributed by atoms with E-state index in [0.29, 0.717) is 11.5 Å². The normalized spacial score (nSPS) is 25.5. The van der Waals surface area contributed by atoms with E-state index in [2.05, 4.69) is 81.7 Å². The van der Waals surface area contributed by atoms with Crippen LogP contribution in [0.15, 0.2) is 28.7 Å². The van der Waals surface area contributed by atoms with Gasteiger partial charge in [0.25, 0.3) is 0 Å². The molecule has 1 atom stereocenters. The Hall–Kier alpha value is -1.68. The van der Waals surface area contributed by atoms with E-state index >= 15 is 0 Å². The second-order valence-corrected chi connectivity index (χ2v) is 8.81. The van der Waals surface area contributed by atoms with Crippen LogP contribution in [0.1, 0.15) is 41.0 Å². The molecule has 1 aromatic carbocycles. The summed E-state index contributed by atoms with van der Waals surface area (Å²) in [4.78, 5) is 4.99. The lowest BCUT2D eigenvalue weighted by Crippen LogP contribution is -2.59. The van der Waals surface area contributed by atoms with Crippen molar-refractivity contribution in [3.05, 3.63) is 34.9 Å². The predicted molar refractivity (Wildman–Crippen MR) is 102 cm³/mol. The summed E-state index contributed by atoms with van der Waals surface area (Å²) in [6.45, 7) is 12.1. The van der Waals surface area contributed by atoms with Crippen molar-refractivity contribution >= 4 is 30.1 Å². The molecule has 1 unspecified atom stereocenters. The molecule has 126 valence electrons. The van der Waals surface area contributed by atoms with Crippen molar-refractivity contribution in [2.24, 2.45) is 5.41 Å². The summed E-state index contributed by atoms with van der Waals surface area (Å²) >= 11 is 0. The Morgan fingerprint density at radius 1 is 1.17 bits per heavy atom. The molecule has 3 heterocycles. The van der Waals surface area contributed by atoms with Gasteiger partial charge in [0.15, 0.2) is 0 Å². The molecular weight excluding hydrogens is 295 g/mol. The first kappa shape index (κ1) is 15.8. The largest absolute Gasteiger partial charge is 0.457 e. The van der Waals surface area contributed by atoms with Crippen LogP contribution in [0.2, 0.25) is 0 Å². The Labute approximate surface area is 144 Å². The van der Waals surface area contributed by atoms with E-state index in [9.17, 15) is 0 Å². The molecular formula is C20H27BN2O. The van der Waals surface area contributed by atoms with Gasteiger partial charge in [-0.25, -0.2) is 0 Å². The van der Waals surface area contributed by atoms with Gasteiger partial charge in [-0.05, 0) is 57.9 Å². The zero-order chi connectivity index (χ0) is 17.3. The van der Waals surface area contributed by atoms with Crippen molar-refractivity contribution in [2.45, 2.75) is 52.6 Å². The molecule has 0 saturated carbocycles. The predicted octanol–water partition coefficient (Wildman–Crippen LogP) is 2.82. The molecule has 1 aromatic heterocycles. The number of para-hydroxylation sites is 1. The topological polar surface area (TPSA) is 19.6 Å². The van der Waals surface area contributed by atoms with E-state index in [1.54, 1.807) is 0 Å². The van der Waals surface area contributed by atoms with E-state index in [0.717, 1.165) is 11.0 Å². The summed E-state index contributed by atoms with van der Waals surface area (Å²) in [7, 11) is 2.18. The third-order valence-corrected chi connectivity index (χ3v) is 6.13. The molecule has 0 amide bonds. The van der Waals surface area contributed by atoms with Crippen molar-refractivity contribution in [2.75, 3.05) is 7.05 Å². The van der Waals surface area contributed by atoms with Gasteiger partial charge in [-0.1, -0.05) is 32.0 Å². The molecule has 3 nitrogen and oxygen atoms in total. The second-order valence-electron chi connectivity index (χ2n) is 8.81.